The number of aryl methyl sites for hydroxylation is 1. The third-order valence-electron chi connectivity index (χ3n) is 3.15. The number of rotatable bonds is 2. The van der Waals surface area contributed by atoms with Gasteiger partial charge in [0.15, 0.2) is 0 Å². The maximum Gasteiger partial charge on any atom is 0.419 e. The molecule has 0 saturated heterocycles. The molecule has 2 aromatic carbocycles. The first-order valence-electron chi connectivity index (χ1n) is 6.08. The Morgan fingerprint density at radius 1 is 1.10 bits per heavy atom. The van der Waals surface area contributed by atoms with E-state index in [4.69, 9.17) is 5.73 Å². The summed E-state index contributed by atoms with van der Waals surface area (Å²) < 4.78 is 51.9. The van der Waals surface area contributed by atoms with Crippen LogP contribution >= 0.6 is 15.9 Å². The van der Waals surface area contributed by atoms with Crippen LogP contribution in [0, 0.1) is 12.7 Å². The van der Waals surface area contributed by atoms with Gasteiger partial charge in [0.05, 0.1) is 11.6 Å². The molecule has 1 atom stereocenters. The van der Waals surface area contributed by atoms with Crippen molar-refractivity contribution in [2.75, 3.05) is 0 Å². The molecule has 0 fully saturated rings. The van der Waals surface area contributed by atoms with Crippen LogP contribution in [0.15, 0.2) is 40.9 Å². The Morgan fingerprint density at radius 2 is 1.76 bits per heavy atom. The van der Waals surface area contributed by atoms with Gasteiger partial charge in [0, 0.05) is 4.47 Å². The maximum absolute atomic E-state index is 13.6. The molecule has 6 heteroatoms. The van der Waals surface area contributed by atoms with Crippen molar-refractivity contribution in [2.45, 2.75) is 19.1 Å². The predicted octanol–water partition coefficient (Wildman–Crippen LogP) is 4.96. The highest BCUT2D eigenvalue weighted by Crippen LogP contribution is 2.34. The van der Waals surface area contributed by atoms with Crippen LogP contribution in [-0.4, -0.2) is 0 Å². The lowest BCUT2D eigenvalue weighted by Gasteiger charge is -2.16. The van der Waals surface area contributed by atoms with Crippen molar-refractivity contribution in [3.05, 3.63) is 68.9 Å². The average Bonchev–Trinajstić information content (AvgIpc) is 2.36. The Balaban J connectivity index is 2.40. The van der Waals surface area contributed by atoms with Gasteiger partial charge in [-0.1, -0.05) is 34.1 Å². The fourth-order valence-electron chi connectivity index (χ4n) is 2.02. The molecular formula is C15H12BrF4N. The smallest absolute Gasteiger partial charge is 0.320 e. The van der Waals surface area contributed by atoms with Crippen molar-refractivity contribution in [3.63, 3.8) is 0 Å². The number of hydrogen-bond donors (Lipinski definition) is 1. The van der Waals surface area contributed by atoms with Gasteiger partial charge in [0.1, 0.15) is 5.82 Å². The van der Waals surface area contributed by atoms with Crippen molar-refractivity contribution in [1.82, 2.24) is 0 Å². The highest BCUT2D eigenvalue weighted by Gasteiger charge is 2.34. The van der Waals surface area contributed by atoms with Gasteiger partial charge in [-0.05, 0) is 41.8 Å². The summed E-state index contributed by atoms with van der Waals surface area (Å²) in [7, 11) is 0. The molecule has 0 heterocycles. The highest BCUT2D eigenvalue weighted by atomic mass is 79.9. The minimum absolute atomic E-state index is 0.282. The largest absolute Gasteiger partial charge is 0.419 e. The van der Waals surface area contributed by atoms with Crippen LogP contribution in [0.5, 0.6) is 0 Å². The van der Waals surface area contributed by atoms with Gasteiger partial charge in [0.25, 0.3) is 0 Å². The Hall–Kier alpha value is -1.40. The van der Waals surface area contributed by atoms with Crippen LogP contribution in [0.4, 0.5) is 17.6 Å². The van der Waals surface area contributed by atoms with E-state index >= 15 is 0 Å². The Morgan fingerprint density at radius 3 is 2.29 bits per heavy atom. The molecule has 0 aliphatic carbocycles. The lowest BCUT2D eigenvalue weighted by atomic mass is 9.97. The normalized spacial score (nSPS) is 13.3. The molecule has 0 saturated carbocycles. The third-order valence-corrected chi connectivity index (χ3v) is 3.84. The van der Waals surface area contributed by atoms with E-state index in [1.807, 2.05) is 19.1 Å². The molecule has 0 aliphatic heterocycles. The van der Waals surface area contributed by atoms with Gasteiger partial charge in [-0.3, -0.25) is 0 Å². The maximum atomic E-state index is 13.6. The fraction of sp³-hybridized carbons (Fsp3) is 0.200. The Kier molecular flexibility index (Phi) is 4.39. The van der Waals surface area contributed by atoms with Gasteiger partial charge >= 0.3 is 6.18 Å². The average molecular weight is 362 g/mol. The van der Waals surface area contributed by atoms with E-state index in [-0.39, 0.29) is 5.56 Å². The number of nitrogens with two attached hydrogens (primary N) is 1. The van der Waals surface area contributed by atoms with Crippen LogP contribution in [0.3, 0.4) is 0 Å². The molecule has 0 radical (unpaired) electrons. The van der Waals surface area contributed by atoms with Crippen molar-refractivity contribution in [3.8, 4) is 0 Å². The molecule has 0 aliphatic rings. The first-order valence-corrected chi connectivity index (χ1v) is 6.87. The summed E-state index contributed by atoms with van der Waals surface area (Å²) in [5.41, 5.74) is 6.70. The zero-order valence-electron chi connectivity index (χ0n) is 11.0. The van der Waals surface area contributed by atoms with Gasteiger partial charge < -0.3 is 5.73 Å². The lowest BCUT2D eigenvalue weighted by Crippen LogP contribution is -2.15. The van der Waals surface area contributed by atoms with Crippen LogP contribution in [0.25, 0.3) is 0 Å². The second-order valence-electron chi connectivity index (χ2n) is 4.74. The van der Waals surface area contributed by atoms with Crippen molar-refractivity contribution in [1.29, 1.82) is 0 Å². The lowest BCUT2D eigenvalue weighted by molar-refractivity contribution is -0.140. The minimum Gasteiger partial charge on any atom is -0.320 e. The molecule has 2 rings (SSSR count). The molecular weight excluding hydrogens is 350 g/mol. The summed E-state index contributed by atoms with van der Waals surface area (Å²) in [6.45, 7) is 1.90. The monoisotopic (exact) mass is 361 g/mol. The molecule has 0 spiro atoms. The van der Waals surface area contributed by atoms with Crippen LogP contribution < -0.4 is 5.73 Å². The second kappa shape index (κ2) is 5.77. The summed E-state index contributed by atoms with van der Waals surface area (Å²) >= 11 is 3.36. The fourth-order valence-corrected chi connectivity index (χ4v) is 2.76. The first-order chi connectivity index (χ1) is 9.70. The molecule has 2 aromatic rings. The highest BCUT2D eigenvalue weighted by molar-refractivity contribution is 9.10. The van der Waals surface area contributed by atoms with Gasteiger partial charge in [0.2, 0.25) is 0 Å². The first kappa shape index (κ1) is 16.0. The molecule has 0 aromatic heterocycles. The molecule has 0 bridgehead atoms. The van der Waals surface area contributed by atoms with E-state index < -0.39 is 23.6 Å². The number of halogens is 5. The summed E-state index contributed by atoms with van der Waals surface area (Å²) in [6, 6.07) is 7.47. The van der Waals surface area contributed by atoms with E-state index in [0.717, 1.165) is 16.1 Å². The standard InChI is InChI=1S/C15H12BrF4N/c1-8-2-4-10(12(16)6-8)14(21)9-3-5-11(13(17)7-9)15(18,19)20/h2-7,14H,21H2,1H3. The summed E-state index contributed by atoms with van der Waals surface area (Å²) in [6.07, 6.45) is -4.71. The molecule has 0 amide bonds. The van der Waals surface area contributed by atoms with E-state index in [9.17, 15) is 17.6 Å². The number of alkyl halides is 3. The van der Waals surface area contributed by atoms with E-state index in [2.05, 4.69) is 15.9 Å². The summed E-state index contributed by atoms with van der Waals surface area (Å²) in [4.78, 5) is 0. The van der Waals surface area contributed by atoms with Crippen molar-refractivity contribution < 1.29 is 17.6 Å². The van der Waals surface area contributed by atoms with E-state index in [1.165, 1.54) is 6.07 Å². The minimum atomic E-state index is -4.71. The zero-order valence-corrected chi connectivity index (χ0v) is 12.6. The molecule has 21 heavy (non-hydrogen) atoms. The van der Waals surface area contributed by atoms with E-state index in [1.54, 1.807) is 6.07 Å². The quantitative estimate of drug-likeness (QED) is 0.751. The van der Waals surface area contributed by atoms with Crippen LogP contribution in [0.1, 0.15) is 28.3 Å². The van der Waals surface area contributed by atoms with Crippen LogP contribution in [0.2, 0.25) is 0 Å². The topological polar surface area (TPSA) is 26.0 Å². The number of hydrogen-bond acceptors (Lipinski definition) is 1. The summed E-state index contributed by atoms with van der Waals surface area (Å²) in [5, 5.41) is 0. The second-order valence-corrected chi connectivity index (χ2v) is 5.59. The Labute approximate surface area is 127 Å². The van der Waals surface area contributed by atoms with Crippen molar-refractivity contribution >= 4 is 15.9 Å². The van der Waals surface area contributed by atoms with E-state index in [0.29, 0.717) is 11.6 Å². The number of benzene rings is 2. The molecule has 112 valence electrons. The zero-order chi connectivity index (χ0) is 15.8. The predicted molar refractivity (Wildman–Crippen MR) is 76.3 cm³/mol. The van der Waals surface area contributed by atoms with Gasteiger partial charge in [-0.15, -0.1) is 0 Å². The molecule has 1 unspecified atom stereocenters. The van der Waals surface area contributed by atoms with Crippen LogP contribution in [-0.2, 0) is 6.18 Å². The summed E-state index contributed by atoms with van der Waals surface area (Å²) in [5.74, 6) is -1.32. The SMILES string of the molecule is Cc1ccc(C(N)c2ccc(C(F)(F)F)c(F)c2)c(Br)c1. The third kappa shape index (κ3) is 3.44. The van der Waals surface area contributed by atoms with Crippen molar-refractivity contribution in [2.24, 2.45) is 5.73 Å². The Bertz CT molecular complexity index is 667. The van der Waals surface area contributed by atoms with Gasteiger partial charge in [-0.25, -0.2) is 4.39 Å². The molecule has 1 nitrogen and oxygen atoms in total. The van der Waals surface area contributed by atoms with Gasteiger partial charge in [-0.2, -0.15) is 13.2 Å². The molecule has 2 N–H and O–H groups in total.